The number of nitrogens with one attached hydrogen (secondary N) is 1. The van der Waals surface area contributed by atoms with Gasteiger partial charge in [0.05, 0.1) is 17.8 Å². The largest absolute Gasteiger partial charge is 0.440 e. The fraction of sp³-hybridized carbons (Fsp3) is 0.857. The normalized spacial score (nSPS) is 46.8. The molecule has 4 rings (SSSR count). The molecule has 8 heteroatoms. The maximum absolute atomic E-state index is 13.9. The van der Waals surface area contributed by atoms with Crippen LogP contribution in [0.15, 0.2) is 12.7 Å². The van der Waals surface area contributed by atoms with Gasteiger partial charge in [0.1, 0.15) is 5.60 Å². The highest BCUT2D eigenvalue weighted by Gasteiger charge is 2.81. The number of ether oxygens (including phenoxy) is 2. The summed E-state index contributed by atoms with van der Waals surface area (Å²) in [5.41, 5.74) is -7.16. The molecule has 4 aliphatic rings. The van der Waals surface area contributed by atoms with Gasteiger partial charge in [0.15, 0.2) is 17.5 Å². The molecule has 3 aliphatic carbocycles. The van der Waals surface area contributed by atoms with Gasteiger partial charge in [-0.15, -0.1) is 6.58 Å². The lowest BCUT2D eigenvalue weighted by atomic mass is 9.40. The first-order valence-electron chi connectivity index (χ1n) is 13.6. The highest BCUT2D eigenvalue weighted by Crippen LogP contribution is 2.67. The second kappa shape index (κ2) is 9.07. The van der Waals surface area contributed by atoms with Crippen LogP contribution in [0.4, 0.5) is 4.79 Å². The van der Waals surface area contributed by atoms with Crippen molar-refractivity contribution in [1.82, 2.24) is 5.32 Å². The number of carbonyl (C=O) groups is 2. The molecule has 0 spiro atoms. The second-order valence-corrected chi connectivity index (χ2v) is 13.0. The van der Waals surface area contributed by atoms with E-state index in [0.29, 0.717) is 25.3 Å². The molecule has 4 N–H and O–H groups in total. The van der Waals surface area contributed by atoms with Crippen LogP contribution in [0.5, 0.6) is 0 Å². The highest BCUT2D eigenvalue weighted by atomic mass is 16.6. The first kappa shape index (κ1) is 27.6. The van der Waals surface area contributed by atoms with Gasteiger partial charge in [-0.25, -0.2) is 4.79 Å². The maximum atomic E-state index is 13.9. The van der Waals surface area contributed by atoms with E-state index < -0.39 is 63.7 Å². The van der Waals surface area contributed by atoms with E-state index in [4.69, 9.17) is 9.47 Å². The van der Waals surface area contributed by atoms with Crippen molar-refractivity contribution < 1.29 is 34.4 Å². The van der Waals surface area contributed by atoms with Crippen molar-refractivity contribution in [3.8, 4) is 0 Å². The van der Waals surface area contributed by atoms with Gasteiger partial charge < -0.3 is 30.1 Å². The van der Waals surface area contributed by atoms with Gasteiger partial charge in [-0.2, -0.15) is 0 Å². The monoisotopic (exact) mass is 507 g/mol. The minimum absolute atomic E-state index is 0.144. The fourth-order valence-electron chi connectivity index (χ4n) is 8.26. The Hall–Kier alpha value is -1.48. The van der Waals surface area contributed by atoms with Crippen molar-refractivity contribution in [3.05, 3.63) is 12.7 Å². The van der Waals surface area contributed by atoms with Crippen LogP contribution in [0.3, 0.4) is 0 Å². The summed E-state index contributed by atoms with van der Waals surface area (Å²) < 4.78 is 12.3. The molecule has 4 fully saturated rings. The molecule has 0 unspecified atom stereocenters. The molecule has 1 aliphatic heterocycles. The van der Waals surface area contributed by atoms with Crippen LogP contribution < -0.4 is 5.32 Å². The summed E-state index contributed by atoms with van der Waals surface area (Å²) in [6, 6.07) is 0. The molecule has 8 nitrogen and oxygen atoms in total. The van der Waals surface area contributed by atoms with Gasteiger partial charge >= 0.3 is 6.09 Å². The van der Waals surface area contributed by atoms with Crippen molar-refractivity contribution in [2.45, 2.75) is 121 Å². The highest BCUT2D eigenvalue weighted by molar-refractivity contribution is 5.92. The Bertz CT molecular complexity index is 900. The second-order valence-electron chi connectivity index (χ2n) is 13.0. The Morgan fingerprint density at radius 3 is 2.39 bits per heavy atom. The predicted octanol–water partition coefficient (Wildman–Crippen LogP) is 3.26. The van der Waals surface area contributed by atoms with Crippen LogP contribution in [-0.4, -0.2) is 68.9 Å². The number of aliphatic hydroxyl groups is 3. The van der Waals surface area contributed by atoms with Crippen LogP contribution in [-0.2, 0) is 14.3 Å². The minimum atomic E-state index is -2.21. The van der Waals surface area contributed by atoms with Crippen LogP contribution in [0, 0.1) is 22.7 Å². The summed E-state index contributed by atoms with van der Waals surface area (Å²) in [6.45, 7) is 13.1. The van der Waals surface area contributed by atoms with E-state index in [9.17, 15) is 24.9 Å². The third-order valence-corrected chi connectivity index (χ3v) is 10.2. The van der Waals surface area contributed by atoms with Crippen molar-refractivity contribution in [1.29, 1.82) is 0 Å². The molecular weight excluding hydrogens is 462 g/mol. The smallest absolute Gasteiger partial charge is 0.407 e. The van der Waals surface area contributed by atoms with Crippen molar-refractivity contribution >= 4 is 11.9 Å². The summed E-state index contributed by atoms with van der Waals surface area (Å²) in [5, 5.41) is 38.5. The topological polar surface area (TPSA) is 125 Å². The number of ketones is 1. The van der Waals surface area contributed by atoms with Crippen LogP contribution in [0.1, 0.15) is 86.0 Å². The Labute approximate surface area is 214 Å². The zero-order valence-corrected chi connectivity index (χ0v) is 22.5. The molecule has 1 heterocycles. The van der Waals surface area contributed by atoms with Crippen molar-refractivity contribution in [3.63, 3.8) is 0 Å². The molecular formula is C28H45NO7. The number of carbonyl (C=O) groups excluding carboxylic acids is 2. The number of alkyl carbamates (subject to hydrolysis) is 1. The van der Waals surface area contributed by atoms with Crippen LogP contribution >= 0.6 is 0 Å². The van der Waals surface area contributed by atoms with Gasteiger partial charge in [0, 0.05) is 24.3 Å². The fourth-order valence-corrected chi connectivity index (χ4v) is 8.26. The number of rotatable bonds is 4. The lowest BCUT2D eigenvalue weighted by Crippen LogP contribution is -2.86. The average molecular weight is 508 g/mol. The van der Waals surface area contributed by atoms with Crippen molar-refractivity contribution in [2.75, 3.05) is 6.54 Å². The summed E-state index contributed by atoms with van der Waals surface area (Å²) in [6.07, 6.45) is 3.48. The molecule has 0 aromatic heterocycles. The Morgan fingerprint density at radius 2 is 1.78 bits per heavy atom. The summed E-state index contributed by atoms with van der Waals surface area (Å²) in [5.74, 6) is -0.864. The molecule has 36 heavy (non-hydrogen) atoms. The third-order valence-electron chi connectivity index (χ3n) is 10.2. The quantitative estimate of drug-likeness (QED) is 0.430. The van der Waals surface area contributed by atoms with Gasteiger partial charge in [-0.1, -0.05) is 46.1 Å². The first-order chi connectivity index (χ1) is 16.7. The van der Waals surface area contributed by atoms with Gasteiger partial charge in [-0.3, -0.25) is 4.79 Å². The third kappa shape index (κ3) is 3.86. The zero-order chi connectivity index (χ0) is 26.7. The van der Waals surface area contributed by atoms with Gasteiger partial charge in [-0.05, 0) is 50.9 Å². The van der Waals surface area contributed by atoms with Gasteiger partial charge in [0.2, 0.25) is 0 Å². The SMILES string of the molecule is C=C[C@@]1(C)CC(=O)[C@]2(O)[C@@]3(C)[C@@H](O)CCC(C)(C)[C@@H]3[C@H](O)[C@H](OC(=O)NCC3CCCCC3)[C@@]2(C)O1. The molecule has 8 atom stereocenters. The van der Waals surface area contributed by atoms with E-state index in [2.05, 4.69) is 11.9 Å². The number of Topliss-reactive ketones (excluding diaryl/α,β-unsaturated/α-hetero) is 1. The number of amides is 1. The standard InChI is InChI=1S/C28H45NO7/c1-7-25(4)15-19(31)28(34)26(5)18(30)13-14-24(2,3)21(26)20(32)22(27(28,6)36-25)35-23(33)29-16-17-11-9-8-10-12-17/h7,17-18,20-22,30,32,34H,1,8-16H2,2-6H3,(H,29,33)/t18-,20-,21-,22-,25-,26-,27+,28-/m0/s1. The number of aliphatic hydroxyl groups excluding tert-OH is 2. The molecule has 0 radical (unpaired) electrons. The van der Waals surface area contributed by atoms with Crippen LogP contribution in [0.25, 0.3) is 0 Å². The summed E-state index contributed by atoms with van der Waals surface area (Å²) in [7, 11) is 0. The predicted molar refractivity (Wildman–Crippen MR) is 134 cm³/mol. The summed E-state index contributed by atoms with van der Waals surface area (Å²) >= 11 is 0. The lowest BCUT2D eigenvalue weighted by Gasteiger charge is -2.71. The van der Waals surface area contributed by atoms with E-state index in [1.165, 1.54) is 19.4 Å². The Kier molecular flexibility index (Phi) is 6.94. The molecule has 0 bridgehead atoms. The van der Waals surface area contributed by atoms with E-state index in [-0.39, 0.29) is 6.42 Å². The maximum Gasteiger partial charge on any atom is 0.407 e. The Balaban J connectivity index is 1.75. The minimum Gasteiger partial charge on any atom is -0.440 e. The van der Waals surface area contributed by atoms with E-state index in [0.717, 1.165) is 25.7 Å². The number of hydrogen-bond donors (Lipinski definition) is 4. The van der Waals surface area contributed by atoms with Crippen molar-refractivity contribution in [2.24, 2.45) is 22.7 Å². The molecule has 1 amide bonds. The van der Waals surface area contributed by atoms with Crippen LogP contribution in [0.2, 0.25) is 0 Å². The zero-order valence-electron chi connectivity index (χ0n) is 22.5. The first-order valence-corrected chi connectivity index (χ1v) is 13.6. The average Bonchev–Trinajstić information content (AvgIpc) is 2.81. The van der Waals surface area contributed by atoms with Gasteiger partial charge in [0.25, 0.3) is 0 Å². The molecule has 204 valence electrons. The number of hydrogen-bond acceptors (Lipinski definition) is 7. The molecule has 0 aromatic rings. The Morgan fingerprint density at radius 1 is 1.14 bits per heavy atom. The molecule has 1 saturated heterocycles. The number of fused-ring (bicyclic) bond motifs is 3. The summed E-state index contributed by atoms with van der Waals surface area (Å²) in [4.78, 5) is 27.0. The van der Waals surface area contributed by atoms with E-state index >= 15 is 0 Å². The molecule has 0 aromatic carbocycles. The molecule has 3 saturated carbocycles. The lowest BCUT2D eigenvalue weighted by molar-refractivity contribution is -0.369. The van der Waals surface area contributed by atoms with E-state index in [1.54, 1.807) is 13.8 Å². The van der Waals surface area contributed by atoms with E-state index in [1.807, 2.05) is 13.8 Å².